The Bertz CT molecular complexity index is 1130. The van der Waals surface area contributed by atoms with E-state index in [1.165, 1.54) is 0 Å². The number of halogens is 1. The summed E-state index contributed by atoms with van der Waals surface area (Å²) in [6.07, 6.45) is 1.03. The van der Waals surface area contributed by atoms with E-state index in [1.807, 2.05) is 48.5 Å². The minimum absolute atomic E-state index is 0. The summed E-state index contributed by atoms with van der Waals surface area (Å²) in [6.45, 7) is 15.1. The van der Waals surface area contributed by atoms with E-state index in [9.17, 15) is 14.4 Å². The molecule has 0 heterocycles. The van der Waals surface area contributed by atoms with E-state index in [1.54, 1.807) is 52.3 Å². The van der Waals surface area contributed by atoms with Crippen LogP contribution >= 0.6 is 12.4 Å². The summed E-state index contributed by atoms with van der Waals surface area (Å²) in [5.74, 6) is 0.568. The van der Waals surface area contributed by atoms with Crippen molar-refractivity contribution in [2.24, 2.45) is 5.73 Å². The first kappa shape index (κ1) is 35.6. The topological polar surface area (TPSA) is 111 Å². The number of ether oxygens (including phenoxy) is 3. The normalized spacial score (nSPS) is 11.4. The molecule has 3 amide bonds. The van der Waals surface area contributed by atoms with Crippen LogP contribution in [0.5, 0.6) is 17.2 Å². The highest BCUT2D eigenvalue weighted by Gasteiger charge is 2.24. The average Bonchev–Trinajstić information content (AvgIpc) is 2.92. The van der Waals surface area contributed by atoms with Gasteiger partial charge in [0.2, 0.25) is 5.91 Å². The van der Waals surface area contributed by atoms with Gasteiger partial charge in [-0.1, -0.05) is 13.0 Å². The summed E-state index contributed by atoms with van der Waals surface area (Å²) in [5.41, 5.74) is 6.20. The molecule has 9 nitrogen and oxygen atoms in total. The van der Waals surface area contributed by atoms with Gasteiger partial charge < -0.3 is 29.7 Å². The van der Waals surface area contributed by atoms with Gasteiger partial charge in [0.1, 0.15) is 11.9 Å². The van der Waals surface area contributed by atoms with Crippen molar-refractivity contribution in [3.8, 4) is 17.2 Å². The number of benzene rings is 2. The van der Waals surface area contributed by atoms with Crippen LogP contribution in [0.25, 0.3) is 0 Å². The first-order chi connectivity index (χ1) is 19.0. The molecule has 0 saturated heterocycles. The lowest BCUT2D eigenvalue weighted by atomic mass is 10.1. The minimum atomic E-state index is -0.515. The monoisotopic (exact) mass is 591 g/mol. The first-order valence-corrected chi connectivity index (χ1v) is 14.1. The van der Waals surface area contributed by atoms with Gasteiger partial charge in [0.25, 0.3) is 11.8 Å². The molecular weight excluding hydrogens is 546 g/mol. The van der Waals surface area contributed by atoms with Gasteiger partial charge in [-0.3, -0.25) is 14.4 Å². The average molecular weight is 592 g/mol. The van der Waals surface area contributed by atoms with Crippen LogP contribution in [0.4, 0.5) is 0 Å². The highest BCUT2D eigenvalue weighted by Crippen LogP contribution is 2.31. The molecule has 0 bridgehead atoms. The largest absolute Gasteiger partial charge is 0.493 e. The van der Waals surface area contributed by atoms with Crippen molar-refractivity contribution >= 4 is 30.1 Å². The summed E-state index contributed by atoms with van der Waals surface area (Å²) in [6, 6.07) is 11.9. The van der Waals surface area contributed by atoms with E-state index >= 15 is 0 Å². The summed E-state index contributed by atoms with van der Waals surface area (Å²) in [7, 11) is 0. The highest BCUT2D eigenvalue weighted by molar-refractivity contribution is 5.95. The molecule has 2 aromatic rings. The van der Waals surface area contributed by atoms with E-state index in [0.29, 0.717) is 60.9 Å². The molecule has 0 fully saturated rings. The van der Waals surface area contributed by atoms with Crippen LogP contribution < -0.4 is 19.9 Å². The molecule has 0 saturated carbocycles. The van der Waals surface area contributed by atoms with Crippen molar-refractivity contribution < 1.29 is 28.6 Å². The Kier molecular flexibility index (Phi) is 15.1. The number of nitrogens with two attached hydrogens (primary N) is 1. The van der Waals surface area contributed by atoms with Gasteiger partial charge >= 0.3 is 0 Å². The molecule has 0 spiro atoms. The third kappa shape index (κ3) is 10.5. The lowest BCUT2D eigenvalue weighted by Gasteiger charge is -2.31. The summed E-state index contributed by atoms with van der Waals surface area (Å²) in [4.78, 5) is 41.0. The van der Waals surface area contributed by atoms with Crippen molar-refractivity contribution in [1.82, 2.24) is 9.80 Å². The Morgan fingerprint density at radius 2 is 1.51 bits per heavy atom. The molecule has 2 N–H and O–H groups in total. The molecule has 10 heteroatoms. The molecule has 228 valence electrons. The minimum Gasteiger partial charge on any atom is -0.493 e. The molecule has 2 aromatic carbocycles. The Balaban J connectivity index is 0.00000840. The van der Waals surface area contributed by atoms with Crippen molar-refractivity contribution in [2.45, 2.75) is 79.5 Å². The smallest absolute Gasteiger partial charge is 0.260 e. The quantitative estimate of drug-likeness (QED) is 0.282. The van der Waals surface area contributed by atoms with Crippen molar-refractivity contribution in [1.29, 1.82) is 0 Å². The maximum Gasteiger partial charge on any atom is 0.260 e. The number of carbonyl (C=O) groups excluding carboxylic acids is 3. The zero-order chi connectivity index (χ0) is 29.8. The number of likely N-dealkylation sites (N-methyl/N-ethyl adjacent to an activating group) is 1. The zero-order valence-corrected chi connectivity index (χ0v) is 26.2. The van der Waals surface area contributed by atoms with Gasteiger partial charge in [-0.15, -0.1) is 12.4 Å². The summed E-state index contributed by atoms with van der Waals surface area (Å²) < 4.78 is 18.1. The molecule has 2 rings (SSSR count). The SMILES string of the molecule is CCC(CCOc1cccc(C(N)=O)c1)Oc1ccc(C(=O)N(C(C)C)C(C)C)cc1OCC(=O)N(CC)CC.Cl. The number of rotatable bonds is 16. The molecule has 0 aliphatic rings. The Morgan fingerprint density at radius 1 is 0.854 bits per heavy atom. The van der Waals surface area contributed by atoms with E-state index < -0.39 is 5.91 Å². The molecule has 1 atom stereocenters. The van der Waals surface area contributed by atoms with Gasteiger partial charge in [0, 0.05) is 42.7 Å². The lowest BCUT2D eigenvalue weighted by Crippen LogP contribution is -2.42. The molecular formula is C31H46ClN3O6. The van der Waals surface area contributed by atoms with Crippen LogP contribution in [0, 0.1) is 0 Å². The maximum absolute atomic E-state index is 13.4. The van der Waals surface area contributed by atoms with E-state index in [0.717, 1.165) is 0 Å². The van der Waals surface area contributed by atoms with Crippen LogP contribution in [-0.2, 0) is 4.79 Å². The molecule has 0 radical (unpaired) electrons. The Morgan fingerprint density at radius 3 is 2.07 bits per heavy atom. The third-order valence-corrected chi connectivity index (χ3v) is 6.58. The Hall–Kier alpha value is -3.46. The molecule has 0 aromatic heterocycles. The van der Waals surface area contributed by atoms with Gasteiger partial charge in [-0.2, -0.15) is 0 Å². The second-order valence-corrected chi connectivity index (χ2v) is 10.1. The predicted octanol–water partition coefficient (Wildman–Crippen LogP) is 5.34. The van der Waals surface area contributed by atoms with Crippen molar-refractivity contribution in [3.05, 3.63) is 53.6 Å². The third-order valence-electron chi connectivity index (χ3n) is 6.58. The second-order valence-electron chi connectivity index (χ2n) is 10.1. The first-order valence-electron chi connectivity index (χ1n) is 14.1. The predicted molar refractivity (Wildman–Crippen MR) is 163 cm³/mol. The zero-order valence-electron chi connectivity index (χ0n) is 25.3. The van der Waals surface area contributed by atoms with Crippen LogP contribution in [-0.4, -0.2) is 72.0 Å². The molecule has 0 aliphatic carbocycles. The highest BCUT2D eigenvalue weighted by atomic mass is 35.5. The summed E-state index contributed by atoms with van der Waals surface area (Å²) >= 11 is 0. The number of hydrogen-bond acceptors (Lipinski definition) is 6. The molecule has 1 unspecified atom stereocenters. The number of primary amides is 1. The number of hydrogen-bond donors (Lipinski definition) is 1. The molecule has 0 aliphatic heterocycles. The van der Waals surface area contributed by atoms with Gasteiger partial charge in [-0.25, -0.2) is 0 Å². The lowest BCUT2D eigenvalue weighted by molar-refractivity contribution is -0.133. The van der Waals surface area contributed by atoms with E-state index in [4.69, 9.17) is 19.9 Å². The van der Waals surface area contributed by atoms with Crippen molar-refractivity contribution in [2.75, 3.05) is 26.3 Å². The van der Waals surface area contributed by atoms with E-state index in [2.05, 4.69) is 0 Å². The van der Waals surface area contributed by atoms with Gasteiger partial charge in [-0.05, 0) is 84.4 Å². The fourth-order valence-electron chi connectivity index (χ4n) is 4.45. The fourth-order valence-corrected chi connectivity index (χ4v) is 4.45. The van der Waals surface area contributed by atoms with Gasteiger partial charge in [0.05, 0.1) is 6.61 Å². The van der Waals surface area contributed by atoms with E-state index in [-0.39, 0.29) is 49.0 Å². The number of amides is 3. The van der Waals surface area contributed by atoms with Crippen LogP contribution in [0.1, 0.15) is 82.0 Å². The van der Waals surface area contributed by atoms with Crippen LogP contribution in [0.15, 0.2) is 42.5 Å². The maximum atomic E-state index is 13.4. The molecule has 41 heavy (non-hydrogen) atoms. The number of carbonyl (C=O) groups is 3. The Labute approximate surface area is 250 Å². The summed E-state index contributed by atoms with van der Waals surface area (Å²) in [5, 5.41) is 0. The van der Waals surface area contributed by atoms with Crippen LogP contribution in [0.2, 0.25) is 0 Å². The second kappa shape index (κ2) is 17.4. The van der Waals surface area contributed by atoms with Crippen LogP contribution in [0.3, 0.4) is 0 Å². The van der Waals surface area contributed by atoms with Gasteiger partial charge in [0.15, 0.2) is 18.1 Å². The standard InChI is InChI=1S/C31H45N3O6.ClH/c1-8-25(16-17-38-26-13-11-12-23(18-26)30(32)36)40-27-15-14-24(31(37)34(21(4)5)22(6)7)19-28(27)39-20-29(35)33(9-2)10-3;/h11-15,18-19,21-22,25H,8-10,16-17,20H2,1-7H3,(H2,32,36);1H. The number of nitrogens with zero attached hydrogens (tertiary/aromatic N) is 2. The van der Waals surface area contributed by atoms with Crippen molar-refractivity contribution in [3.63, 3.8) is 0 Å². The fraction of sp³-hybridized carbons (Fsp3) is 0.516.